The van der Waals surface area contributed by atoms with Crippen LogP contribution < -0.4 is 5.73 Å². The van der Waals surface area contributed by atoms with E-state index in [1.54, 1.807) is 4.90 Å². The van der Waals surface area contributed by atoms with Crippen molar-refractivity contribution >= 4 is 5.91 Å². The molecule has 5 nitrogen and oxygen atoms in total. The van der Waals surface area contributed by atoms with E-state index >= 15 is 0 Å². The minimum absolute atomic E-state index is 0.0363. The summed E-state index contributed by atoms with van der Waals surface area (Å²) in [5, 5.41) is 0. The monoisotopic (exact) mass is 202 g/mol. The lowest BCUT2D eigenvalue weighted by Gasteiger charge is -2.35. The smallest absolute Gasteiger partial charge is 0.253 e. The molecule has 1 amide bonds. The molecule has 1 aliphatic heterocycles. The fraction of sp³-hybridized carbons (Fsp3) is 0.889. The van der Waals surface area contributed by atoms with Crippen LogP contribution >= 0.6 is 0 Å². The van der Waals surface area contributed by atoms with Crippen LogP contribution in [0.25, 0.3) is 0 Å². The highest BCUT2D eigenvalue weighted by atomic mass is 16.5. The second-order valence-electron chi connectivity index (χ2n) is 3.42. The summed E-state index contributed by atoms with van der Waals surface area (Å²) < 4.78 is 10.2. The summed E-state index contributed by atoms with van der Waals surface area (Å²) in [4.78, 5) is 13.6. The Kier molecular flexibility index (Phi) is 4.31. The lowest BCUT2D eigenvalue weighted by atomic mass is 10.2. The van der Waals surface area contributed by atoms with Crippen molar-refractivity contribution in [2.75, 3.05) is 33.4 Å². The van der Waals surface area contributed by atoms with Crippen molar-refractivity contribution in [2.45, 2.75) is 19.1 Å². The van der Waals surface area contributed by atoms with E-state index in [-0.39, 0.29) is 18.5 Å². The zero-order valence-electron chi connectivity index (χ0n) is 8.73. The fourth-order valence-corrected chi connectivity index (χ4v) is 1.54. The predicted molar refractivity (Wildman–Crippen MR) is 51.8 cm³/mol. The molecule has 5 heteroatoms. The van der Waals surface area contributed by atoms with Crippen LogP contribution in [0, 0.1) is 0 Å². The molecule has 0 aliphatic carbocycles. The highest BCUT2D eigenvalue weighted by molar-refractivity contribution is 5.81. The number of amides is 1. The van der Waals surface area contributed by atoms with Crippen LogP contribution in [0.1, 0.15) is 6.92 Å². The van der Waals surface area contributed by atoms with E-state index in [1.807, 2.05) is 6.92 Å². The van der Waals surface area contributed by atoms with Gasteiger partial charge in [0.1, 0.15) is 6.10 Å². The predicted octanol–water partition coefficient (Wildman–Crippen LogP) is -0.793. The van der Waals surface area contributed by atoms with E-state index in [0.29, 0.717) is 19.8 Å². The average molecular weight is 202 g/mol. The Morgan fingerprint density at radius 1 is 1.79 bits per heavy atom. The van der Waals surface area contributed by atoms with Gasteiger partial charge >= 0.3 is 0 Å². The number of rotatable bonds is 3. The number of morpholine rings is 1. The summed E-state index contributed by atoms with van der Waals surface area (Å²) in [7, 11) is 1.50. The molecule has 1 aliphatic rings. The van der Waals surface area contributed by atoms with E-state index in [9.17, 15) is 4.79 Å². The molecule has 1 rings (SSSR count). The summed E-state index contributed by atoms with van der Waals surface area (Å²) in [6.45, 7) is 3.99. The van der Waals surface area contributed by atoms with Gasteiger partial charge < -0.3 is 20.1 Å². The maximum absolute atomic E-state index is 11.8. The van der Waals surface area contributed by atoms with Crippen molar-refractivity contribution in [3.05, 3.63) is 0 Å². The standard InChI is InChI=1S/C9H18N2O3/c1-7-6-14-4-3-11(7)9(12)8(5-10)13-2/h7-8H,3-6,10H2,1-2H3. The Balaban J connectivity index is 2.57. The zero-order valence-corrected chi connectivity index (χ0v) is 8.73. The van der Waals surface area contributed by atoms with Gasteiger partial charge in [-0.3, -0.25) is 4.79 Å². The van der Waals surface area contributed by atoms with Crippen LogP contribution in [-0.4, -0.2) is 56.4 Å². The maximum Gasteiger partial charge on any atom is 0.253 e. The van der Waals surface area contributed by atoms with E-state index in [1.165, 1.54) is 7.11 Å². The quantitative estimate of drug-likeness (QED) is 0.651. The number of nitrogens with zero attached hydrogens (tertiary/aromatic N) is 1. The molecule has 2 N–H and O–H groups in total. The molecule has 1 saturated heterocycles. The van der Waals surface area contributed by atoms with Gasteiger partial charge in [0.05, 0.1) is 19.3 Å². The van der Waals surface area contributed by atoms with Crippen molar-refractivity contribution in [3.63, 3.8) is 0 Å². The molecular formula is C9H18N2O3. The van der Waals surface area contributed by atoms with E-state index in [0.717, 1.165) is 0 Å². The third-order valence-electron chi connectivity index (χ3n) is 2.42. The number of ether oxygens (including phenoxy) is 2. The van der Waals surface area contributed by atoms with Crippen molar-refractivity contribution in [2.24, 2.45) is 5.73 Å². The zero-order chi connectivity index (χ0) is 10.6. The topological polar surface area (TPSA) is 64.8 Å². The molecule has 0 saturated carbocycles. The van der Waals surface area contributed by atoms with Crippen molar-refractivity contribution in [1.29, 1.82) is 0 Å². The maximum atomic E-state index is 11.8. The molecule has 0 spiro atoms. The highest BCUT2D eigenvalue weighted by Gasteiger charge is 2.28. The van der Waals surface area contributed by atoms with Gasteiger partial charge in [-0.15, -0.1) is 0 Å². The molecule has 0 aromatic carbocycles. The summed E-state index contributed by atoms with van der Waals surface area (Å²) in [6, 6.07) is 0.112. The highest BCUT2D eigenvalue weighted by Crippen LogP contribution is 2.08. The van der Waals surface area contributed by atoms with Crippen molar-refractivity contribution in [1.82, 2.24) is 4.90 Å². The Hall–Kier alpha value is -0.650. The molecular weight excluding hydrogens is 184 g/mol. The SMILES string of the molecule is COC(CN)C(=O)N1CCOCC1C. The van der Waals surface area contributed by atoms with Crippen LogP contribution in [0.3, 0.4) is 0 Å². The number of nitrogens with two attached hydrogens (primary N) is 1. The molecule has 1 heterocycles. The number of carbonyl (C=O) groups excluding carboxylic acids is 1. The largest absolute Gasteiger partial charge is 0.377 e. The normalized spacial score (nSPS) is 24.8. The molecule has 2 atom stereocenters. The average Bonchev–Trinajstić information content (AvgIpc) is 2.20. The molecule has 2 unspecified atom stereocenters. The van der Waals surface area contributed by atoms with Gasteiger partial charge in [-0.25, -0.2) is 0 Å². The third kappa shape index (κ3) is 2.43. The Labute approximate surface area is 84.1 Å². The van der Waals surface area contributed by atoms with E-state index in [2.05, 4.69) is 0 Å². The summed E-state index contributed by atoms with van der Waals surface area (Å²) in [6.07, 6.45) is -0.518. The summed E-state index contributed by atoms with van der Waals surface area (Å²) in [5.41, 5.74) is 5.43. The minimum atomic E-state index is -0.518. The molecule has 14 heavy (non-hydrogen) atoms. The first-order valence-corrected chi connectivity index (χ1v) is 4.81. The van der Waals surface area contributed by atoms with Crippen LogP contribution in [0.2, 0.25) is 0 Å². The molecule has 1 fully saturated rings. The van der Waals surface area contributed by atoms with Gasteiger partial charge in [0.15, 0.2) is 0 Å². The second-order valence-corrected chi connectivity index (χ2v) is 3.42. The van der Waals surface area contributed by atoms with Gasteiger partial charge in [0.25, 0.3) is 5.91 Å². The van der Waals surface area contributed by atoms with Gasteiger partial charge in [-0.2, -0.15) is 0 Å². The summed E-state index contributed by atoms with van der Waals surface area (Å²) >= 11 is 0. The Morgan fingerprint density at radius 3 is 3.00 bits per heavy atom. The number of hydrogen-bond acceptors (Lipinski definition) is 4. The third-order valence-corrected chi connectivity index (χ3v) is 2.42. The van der Waals surface area contributed by atoms with Crippen LogP contribution in [-0.2, 0) is 14.3 Å². The van der Waals surface area contributed by atoms with E-state index < -0.39 is 6.10 Å². The van der Waals surface area contributed by atoms with Gasteiger partial charge in [0.2, 0.25) is 0 Å². The van der Waals surface area contributed by atoms with Crippen LogP contribution in [0.5, 0.6) is 0 Å². The molecule has 0 radical (unpaired) electrons. The van der Waals surface area contributed by atoms with Gasteiger partial charge in [-0.05, 0) is 6.92 Å². The van der Waals surface area contributed by atoms with Crippen LogP contribution in [0.15, 0.2) is 0 Å². The summed E-state index contributed by atoms with van der Waals surface area (Å²) in [5.74, 6) is -0.0363. The first-order chi connectivity index (χ1) is 6.70. The van der Waals surface area contributed by atoms with Gasteiger partial charge in [0, 0.05) is 20.2 Å². The van der Waals surface area contributed by atoms with Crippen molar-refractivity contribution < 1.29 is 14.3 Å². The lowest BCUT2D eigenvalue weighted by molar-refractivity contribution is -0.149. The van der Waals surface area contributed by atoms with E-state index in [4.69, 9.17) is 15.2 Å². The van der Waals surface area contributed by atoms with Gasteiger partial charge in [-0.1, -0.05) is 0 Å². The second kappa shape index (κ2) is 5.29. The minimum Gasteiger partial charge on any atom is -0.377 e. The lowest BCUT2D eigenvalue weighted by Crippen LogP contribution is -2.52. The molecule has 0 bridgehead atoms. The fourth-order valence-electron chi connectivity index (χ4n) is 1.54. The number of hydrogen-bond donors (Lipinski definition) is 1. The molecule has 0 aromatic heterocycles. The van der Waals surface area contributed by atoms with Crippen LogP contribution in [0.4, 0.5) is 0 Å². The molecule has 82 valence electrons. The number of carbonyl (C=O) groups is 1. The Bertz CT molecular complexity index is 194. The number of methoxy groups -OCH3 is 1. The first kappa shape index (κ1) is 11.4. The Morgan fingerprint density at radius 2 is 2.50 bits per heavy atom. The first-order valence-electron chi connectivity index (χ1n) is 4.81. The van der Waals surface area contributed by atoms with Crippen molar-refractivity contribution in [3.8, 4) is 0 Å². The molecule has 0 aromatic rings.